The van der Waals surface area contributed by atoms with Crippen LogP contribution in [-0.4, -0.2) is 35.0 Å². The number of aliphatic hydroxyl groups is 2. The van der Waals surface area contributed by atoms with Gasteiger partial charge in [0.25, 0.3) is 0 Å². The van der Waals surface area contributed by atoms with Crippen LogP contribution in [0.4, 0.5) is 0 Å². The molecule has 9 atom stereocenters. The normalized spacial score (nSPS) is 40.1. The maximum absolute atomic E-state index is 13.2. The lowest BCUT2D eigenvalue weighted by molar-refractivity contribution is -0.223. The Labute approximate surface area is 308 Å². The number of fused-ring (bicyclic) bond motifs is 7. The van der Waals surface area contributed by atoms with Gasteiger partial charge in [-0.3, -0.25) is 4.79 Å². The van der Waals surface area contributed by atoms with Gasteiger partial charge in [0.15, 0.2) is 0 Å². The number of allylic oxidation sites excluding steroid dienone is 2. The highest BCUT2D eigenvalue weighted by atomic mass is 16.5. The minimum atomic E-state index is -0.460. The van der Waals surface area contributed by atoms with E-state index in [2.05, 4.69) is 61.5 Å². The summed E-state index contributed by atoms with van der Waals surface area (Å²) in [6, 6.07) is 0. The van der Waals surface area contributed by atoms with E-state index in [0.717, 1.165) is 70.6 Å². The van der Waals surface area contributed by atoms with Gasteiger partial charge in [-0.1, -0.05) is 144 Å². The third-order valence-electron chi connectivity index (χ3n) is 16.9. The minimum Gasteiger partial charge on any atom is -0.462 e. The van der Waals surface area contributed by atoms with Crippen molar-refractivity contribution in [3.05, 3.63) is 11.6 Å². The zero-order valence-corrected chi connectivity index (χ0v) is 34.1. The summed E-state index contributed by atoms with van der Waals surface area (Å²) in [4.78, 5) is 13.2. The zero-order valence-electron chi connectivity index (χ0n) is 34.1. The van der Waals surface area contributed by atoms with Crippen LogP contribution in [-0.2, 0) is 9.53 Å². The number of rotatable bonds is 16. The first-order valence-corrected chi connectivity index (χ1v) is 21.8. The fourth-order valence-corrected chi connectivity index (χ4v) is 13.4. The molecule has 4 heteroatoms. The van der Waals surface area contributed by atoms with Gasteiger partial charge in [-0.2, -0.15) is 0 Å². The summed E-state index contributed by atoms with van der Waals surface area (Å²) < 4.78 is 6.38. The predicted octanol–water partition coefficient (Wildman–Crippen LogP) is 12.1. The molecule has 0 aromatic rings. The van der Waals surface area contributed by atoms with Crippen molar-refractivity contribution in [2.45, 2.75) is 215 Å². The number of hydrogen-bond donors (Lipinski definition) is 2. The van der Waals surface area contributed by atoms with Gasteiger partial charge in [-0.15, -0.1) is 0 Å². The molecule has 0 aliphatic heterocycles. The monoisotopic (exact) mass is 697 g/mol. The molecular weight excluding hydrogens is 617 g/mol. The topological polar surface area (TPSA) is 66.8 Å². The van der Waals surface area contributed by atoms with E-state index in [4.69, 9.17) is 4.74 Å². The number of ether oxygens (including phenoxy) is 1. The lowest BCUT2D eigenvalue weighted by Gasteiger charge is -2.72. The van der Waals surface area contributed by atoms with Crippen LogP contribution < -0.4 is 0 Å². The van der Waals surface area contributed by atoms with Crippen LogP contribution in [0.1, 0.15) is 203 Å². The van der Waals surface area contributed by atoms with E-state index >= 15 is 0 Å². The summed E-state index contributed by atoms with van der Waals surface area (Å²) in [5.41, 5.74) is 1.55. The van der Waals surface area contributed by atoms with Crippen molar-refractivity contribution in [3.8, 4) is 0 Å². The van der Waals surface area contributed by atoms with E-state index in [0.29, 0.717) is 18.3 Å². The molecule has 0 heterocycles. The first-order valence-electron chi connectivity index (χ1n) is 21.8. The van der Waals surface area contributed by atoms with E-state index in [1.54, 1.807) is 5.57 Å². The maximum atomic E-state index is 13.2. The van der Waals surface area contributed by atoms with Gasteiger partial charge in [0.05, 0.1) is 12.7 Å². The molecule has 288 valence electrons. The van der Waals surface area contributed by atoms with Gasteiger partial charge in [0.1, 0.15) is 6.10 Å². The van der Waals surface area contributed by atoms with Crippen LogP contribution in [0.2, 0.25) is 0 Å². The summed E-state index contributed by atoms with van der Waals surface area (Å²) in [6.07, 6.45) is 29.1. The molecule has 0 bridgehead atoms. The number of esters is 1. The first kappa shape index (κ1) is 40.3. The quantitative estimate of drug-likeness (QED) is 0.0957. The second-order valence-electron chi connectivity index (χ2n) is 20.7. The minimum absolute atomic E-state index is 0.00386. The highest BCUT2D eigenvalue weighted by Crippen LogP contribution is 2.75. The summed E-state index contributed by atoms with van der Waals surface area (Å²) in [5, 5.41) is 22.8. The smallest absolute Gasteiger partial charge is 0.306 e. The summed E-state index contributed by atoms with van der Waals surface area (Å²) in [7, 11) is 0. The summed E-state index contributed by atoms with van der Waals surface area (Å²) in [6.45, 7) is 19.6. The molecule has 4 fully saturated rings. The fourth-order valence-electron chi connectivity index (χ4n) is 13.4. The molecule has 4 saturated carbocycles. The largest absolute Gasteiger partial charge is 0.462 e. The third-order valence-corrected chi connectivity index (χ3v) is 16.9. The van der Waals surface area contributed by atoms with Crippen molar-refractivity contribution in [1.29, 1.82) is 0 Å². The highest BCUT2D eigenvalue weighted by molar-refractivity contribution is 5.69. The number of unbranched alkanes of at least 4 members (excludes halogenated alkanes) is 12. The van der Waals surface area contributed by atoms with Crippen LogP contribution in [0.15, 0.2) is 11.6 Å². The van der Waals surface area contributed by atoms with E-state index < -0.39 is 6.10 Å². The van der Waals surface area contributed by atoms with Crippen LogP contribution >= 0.6 is 0 Å². The Morgan fingerprint density at radius 2 is 1.36 bits per heavy atom. The molecule has 0 unspecified atom stereocenters. The molecule has 2 N–H and O–H groups in total. The van der Waals surface area contributed by atoms with Crippen molar-refractivity contribution in [1.82, 2.24) is 0 Å². The van der Waals surface area contributed by atoms with Gasteiger partial charge in [-0.05, 0) is 104 Å². The third kappa shape index (κ3) is 7.44. The Morgan fingerprint density at radius 1 is 0.760 bits per heavy atom. The Morgan fingerprint density at radius 3 is 1.96 bits per heavy atom. The maximum Gasteiger partial charge on any atom is 0.306 e. The van der Waals surface area contributed by atoms with Crippen molar-refractivity contribution >= 4 is 5.97 Å². The highest BCUT2D eigenvalue weighted by Gasteiger charge is 2.70. The number of hydrogen-bond acceptors (Lipinski definition) is 4. The zero-order chi connectivity index (χ0) is 36.4. The SMILES string of the molecule is CCCCCCCCCCCCCCCC(=O)O[C@H]1CC[C@]2(C)[C@H]3CC=C4[C@@H]5CC(C)(C)CC[C@]5(CO)[C@@H](O)C[C@@]4(C)[C@]3(C)CC[C@H]2C1(C)C. The number of aliphatic hydroxyl groups excluding tert-OH is 2. The van der Waals surface area contributed by atoms with Crippen LogP contribution in [0.5, 0.6) is 0 Å². The van der Waals surface area contributed by atoms with E-state index in [9.17, 15) is 15.0 Å². The Kier molecular flexibility index (Phi) is 12.8. The fraction of sp³-hybridized carbons (Fsp3) is 0.935. The van der Waals surface area contributed by atoms with Crippen LogP contribution in [0.3, 0.4) is 0 Å². The van der Waals surface area contributed by atoms with Crippen molar-refractivity contribution in [2.24, 2.45) is 50.2 Å². The second kappa shape index (κ2) is 15.8. The standard InChI is InChI=1S/C46H80O4/c1-9-10-11-12-13-14-15-16-17-18-19-20-21-22-40(49)50-39-26-27-43(6)36(42(39,4)5)25-28-44(7)37(43)24-23-34-35-31-41(2,3)29-30-46(35,33-47)38(48)32-45(34,44)8/h23,35-39,47-48H,9-22,24-33H2,1-8H3/t35-,36-,37+,38-,39-,43-,44+,45+,46+/m0/s1. The van der Waals surface area contributed by atoms with Gasteiger partial charge >= 0.3 is 5.97 Å². The average molecular weight is 697 g/mol. The van der Waals surface area contributed by atoms with Crippen molar-refractivity contribution in [3.63, 3.8) is 0 Å². The molecule has 0 radical (unpaired) electrons. The Balaban J connectivity index is 1.15. The molecule has 0 aromatic carbocycles. The van der Waals surface area contributed by atoms with Crippen molar-refractivity contribution < 1.29 is 19.7 Å². The molecule has 4 nitrogen and oxygen atoms in total. The van der Waals surface area contributed by atoms with Gasteiger partial charge in [0.2, 0.25) is 0 Å². The summed E-state index contributed by atoms with van der Waals surface area (Å²) >= 11 is 0. The van der Waals surface area contributed by atoms with Crippen molar-refractivity contribution in [2.75, 3.05) is 6.61 Å². The van der Waals surface area contributed by atoms with E-state index in [1.807, 2.05) is 0 Å². The lowest BCUT2D eigenvalue weighted by Crippen LogP contribution is -2.67. The molecular formula is C46H80O4. The Bertz CT molecular complexity index is 1170. The number of carbonyl (C=O) groups excluding carboxylic acids is 1. The molecule has 5 aliphatic rings. The Hall–Kier alpha value is -0.870. The van der Waals surface area contributed by atoms with Crippen LogP contribution in [0.25, 0.3) is 0 Å². The first-order chi connectivity index (χ1) is 23.6. The van der Waals surface area contributed by atoms with E-state index in [-0.39, 0.29) is 57.1 Å². The van der Waals surface area contributed by atoms with E-state index in [1.165, 1.54) is 70.6 Å². The van der Waals surface area contributed by atoms with Gasteiger partial charge < -0.3 is 14.9 Å². The molecule has 0 aromatic heterocycles. The molecule has 0 spiro atoms. The van der Waals surface area contributed by atoms with Gasteiger partial charge in [0, 0.05) is 17.3 Å². The molecule has 0 amide bonds. The molecule has 5 aliphatic carbocycles. The van der Waals surface area contributed by atoms with Gasteiger partial charge in [-0.25, -0.2) is 0 Å². The molecule has 5 rings (SSSR count). The molecule has 50 heavy (non-hydrogen) atoms. The number of carbonyl (C=O) groups is 1. The van der Waals surface area contributed by atoms with Crippen LogP contribution in [0, 0.1) is 50.2 Å². The lowest BCUT2D eigenvalue weighted by atomic mass is 9.33. The molecule has 0 saturated heterocycles. The second-order valence-corrected chi connectivity index (χ2v) is 20.7. The average Bonchev–Trinajstić information content (AvgIpc) is 3.05. The predicted molar refractivity (Wildman–Crippen MR) is 208 cm³/mol. The summed E-state index contributed by atoms with van der Waals surface area (Å²) in [5.74, 6) is 1.32.